The molecule has 21 heavy (non-hydrogen) atoms. The van der Waals surface area contributed by atoms with Gasteiger partial charge in [-0.3, -0.25) is 0 Å². The lowest BCUT2D eigenvalue weighted by Gasteiger charge is -2.12. The third-order valence-electron chi connectivity index (χ3n) is 3.89. The molecule has 0 bridgehead atoms. The third kappa shape index (κ3) is 3.34. The fraction of sp³-hybridized carbons (Fsp3) is 0.375. The van der Waals surface area contributed by atoms with Crippen molar-refractivity contribution >= 4 is 17.4 Å². The van der Waals surface area contributed by atoms with Crippen molar-refractivity contribution < 1.29 is 0 Å². The van der Waals surface area contributed by atoms with Gasteiger partial charge >= 0.3 is 0 Å². The molecule has 0 amide bonds. The summed E-state index contributed by atoms with van der Waals surface area (Å²) in [7, 11) is 0. The van der Waals surface area contributed by atoms with E-state index in [2.05, 4.69) is 10.4 Å². The van der Waals surface area contributed by atoms with E-state index in [4.69, 9.17) is 22.4 Å². The summed E-state index contributed by atoms with van der Waals surface area (Å²) >= 11 is 5.92. The van der Waals surface area contributed by atoms with Crippen LogP contribution in [0, 0.1) is 0 Å². The van der Waals surface area contributed by atoms with Crippen LogP contribution < -0.4 is 11.3 Å². The molecule has 0 spiro atoms. The number of nitrogens with two attached hydrogens (primary N) is 1. The highest BCUT2D eigenvalue weighted by molar-refractivity contribution is 6.30. The van der Waals surface area contributed by atoms with Crippen LogP contribution in [0.25, 0.3) is 0 Å². The van der Waals surface area contributed by atoms with E-state index in [9.17, 15) is 0 Å². The molecule has 2 aromatic rings. The number of fused-ring (bicyclic) bond motifs is 1. The quantitative estimate of drug-likeness (QED) is 0.519. The zero-order valence-corrected chi connectivity index (χ0v) is 12.7. The summed E-state index contributed by atoms with van der Waals surface area (Å²) in [5.41, 5.74) is 6.24. The Morgan fingerprint density at radius 1 is 1.05 bits per heavy atom. The molecule has 3 N–H and O–H groups in total. The highest BCUT2D eigenvalue weighted by Crippen LogP contribution is 2.25. The summed E-state index contributed by atoms with van der Waals surface area (Å²) in [4.78, 5) is 9.34. The fourth-order valence-electron chi connectivity index (χ4n) is 2.81. The van der Waals surface area contributed by atoms with Crippen LogP contribution in [0.2, 0.25) is 5.02 Å². The maximum atomic E-state index is 5.92. The standard InChI is InChI=1S/C16H19ClN4/c17-12-8-6-11(7-9-12)10-15-19-14-5-3-1-2-4-13(14)16(20-15)21-18/h6-9H,1-5,10,18H2,(H,19,20,21). The Labute approximate surface area is 129 Å². The van der Waals surface area contributed by atoms with E-state index in [0.29, 0.717) is 6.42 Å². The van der Waals surface area contributed by atoms with Crippen LogP contribution in [0.1, 0.15) is 41.9 Å². The summed E-state index contributed by atoms with van der Waals surface area (Å²) in [6.45, 7) is 0. The van der Waals surface area contributed by atoms with Crippen molar-refractivity contribution in [3.05, 3.63) is 51.9 Å². The Morgan fingerprint density at radius 3 is 2.57 bits per heavy atom. The van der Waals surface area contributed by atoms with Crippen LogP contribution in [0.4, 0.5) is 5.82 Å². The SMILES string of the molecule is NNc1nc(Cc2ccc(Cl)cc2)nc2c1CCCCC2. The zero-order valence-electron chi connectivity index (χ0n) is 11.9. The van der Waals surface area contributed by atoms with E-state index >= 15 is 0 Å². The topological polar surface area (TPSA) is 63.8 Å². The molecule has 0 saturated carbocycles. The summed E-state index contributed by atoms with van der Waals surface area (Å²) in [5, 5.41) is 0.742. The average molecular weight is 303 g/mol. The number of aromatic nitrogens is 2. The highest BCUT2D eigenvalue weighted by Gasteiger charge is 2.16. The zero-order chi connectivity index (χ0) is 14.7. The van der Waals surface area contributed by atoms with Crippen molar-refractivity contribution in [2.45, 2.75) is 38.5 Å². The highest BCUT2D eigenvalue weighted by atomic mass is 35.5. The predicted molar refractivity (Wildman–Crippen MR) is 85.4 cm³/mol. The molecule has 0 unspecified atom stereocenters. The van der Waals surface area contributed by atoms with Crippen LogP contribution in [0.3, 0.4) is 0 Å². The first-order valence-electron chi connectivity index (χ1n) is 7.36. The molecule has 1 aliphatic rings. The molecule has 110 valence electrons. The number of nitrogen functional groups attached to an aromatic ring is 1. The molecule has 1 heterocycles. The van der Waals surface area contributed by atoms with Gasteiger partial charge in [-0.25, -0.2) is 15.8 Å². The number of nitrogens with one attached hydrogen (secondary N) is 1. The first kappa shape index (κ1) is 14.3. The van der Waals surface area contributed by atoms with Crippen molar-refractivity contribution in [2.75, 3.05) is 5.43 Å². The Balaban J connectivity index is 1.92. The van der Waals surface area contributed by atoms with Gasteiger partial charge in [-0.2, -0.15) is 0 Å². The number of rotatable bonds is 3. The summed E-state index contributed by atoms with van der Waals surface area (Å²) in [6.07, 6.45) is 6.33. The fourth-order valence-corrected chi connectivity index (χ4v) is 2.93. The van der Waals surface area contributed by atoms with Crippen LogP contribution in [-0.4, -0.2) is 9.97 Å². The second kappa shape index (κ2) is 6.41. The Morgan fingerprint density at radius 2 is 1.81 bits per heavy atom. The lowest BCUT2D eigenvalue weighted by Crippen LogP contribution is -2.15. The molecule has 1 aromatic carbocycles. The molecule has 0 radical (unpaired) electrons. The van der Waals surface area contributed by atoms with Crippen molar-refractivity contribution in [3.8, 4) is 0 Å². The van der Waals surface area contributed by atoms with Gasteiger partial charge in [0.05, 0.1) is 0 Å². The van der Waals surface area contributed by atoms with Gasteiger partial charge in [-0.1, -0.05) is 30.2 Å². The van der Waals surface area contributed by atoms with Crippen molar-refractivity contribution in [1.82, 2.24) is 9.97 Å². The number of hydrogen-bond donors (Lipinski definition) is 2. The molecule has 0 atom stereocenters. The van der Waals surface area contributed by atoms with Crippen LogP contribution in [0.5, 0.6) is 0 Å². The molecule has 4 nitrogen and oxygen atoms in total. The number of halogens is 1. The normalized spacial score (nSPS) is 14.4. The smallest absolute Gasteiger partial charge is 0.147 e. The van der Waals surface area contributed by atoms with Crippen LogP contribution in [0.15, 0.2) is 24.3 Å². The second-order valence-electron chi connectivity index (χ2n) is 5.42. The Hall–Kier alpha value is -1.65. The number of hydrogen-bond acceptors (Lipinski definition) is 4. The summed E-state index contributed by atoms with van der Waals surface area (Å²) in [5.74, 6) is 7.24. The van der Waals surface area contributed by atoms with E-state index in [1.807, 2.05) is 24.3 Å². The van der Waals surface area contributed by atoms with Crippen molar-refractivity contribution in [2.24, 2.45) is 5.84 Å². The van der Waals surface area contributed by atoms with Gasteiger partial charge < -0.3 is 5.43 Å². The lowest BCUT2D eigenvalue weighted by atomic mass is 10.1. The van der Waals surface area contributed by atoms with Gasteiger partial charge in [-0.15, -0.1) is 0 Å². The largest absolute Gasteiger partial charge is 0.308 e. The van der Waals surface area contributed by atoms with Crippen LogP contribution in [-0.2, 0) is 19.3 Å². The maximum Gasteiger partial charge on any atom is 0.147 e. The number of hydrazine groups is 1. The van der Waals surface area contributed by atoms with E-state index in [-0.39, 0.29) is 0 Å². The van der Waals surface area contributed by atoms with E-state index < -0.39 is 0 Å². The molecule has 0 fully saturated rings. The minimum Gasteiger partial charge on any atom is -0.308 e. The minimum atomic E-state index is 0.694. The van der Waals surface area contributed by atoms with Crippen molar-refractivity contribution in [1.29, 1.82) is 0 Å². The van der Waals surface area contributed by atoms with E-state index in [1.165, 1.54) is 24.8 Å². The number of benzene rings is 1. The second-order valence-corrected chi connectivity index (χ2v) is 5.86. The molecule has 1 aromatic heterocycles. The molecule has 0 saturated heterocycles. The molecule has 0 aliphatic heterocycles. The van der Waals surface area contributed by atoms with E-state index in [1.54, 1.807) is 0 Å². The monoisotopic (exact) mass is 302 g/mol. The summed E-state index contributed by atoms with van der Waals surface area (Å²) < 4.78 is 0. The number of anilines is 1. The molecular formula is C16H19ClN4. The Kier molecular flexibility index (Phi) is 4.36. The van der Waals surface area contributed by atoms with Gasteiger partial charge in [0, 0.05) is 22.7 Å². The van der Waals surface area contributed by atoms with Gasteiger partial charge in [0.15, 0.2) is 0 Å². The van der Waals surface area contributed by atoms with E-state index in [0.717, 1.165) is 40.8 Å². The Bertz CT molecular complexity index is 625. The van der Waals surface area contributed by atoms with Crippen molar-refractivity contribution in [3.63, 3.8) is 0 Å². The predicted octanol–water partition coefficient (Wildman–Crippen LogP) is 3.28. The third-order valence-corrected chi connectivity index (χ3v) is 4.14. The molecule has 3 rings (SSSR count). The van der Waals surface area contributed by atoms with Crippen LogP contribution >= 0.6 is 11.6 Å². The van der Waals surface area contributed by atoms with Gasteiger partial charge in [0.25, 0.3) is 0 Å². The number of aryl methyl sites for hydroxylation is 1. The van der Waals surface area contributed by atoms with Gasteiger partial charge in [0.1, 0.15) is 11.6 Å². The first-order chi connectivity index (χ1) is 10.3. The maximum absolute atomic E-state index is 5.92. The summed E-state index contributed by atoms with van der Waals surface area (Å²) in [6, 6.07) is 7.80. The molecule has 1 aliphatic carbocycles. The number of nitrogens with zero attached hydrogens (tertiary/aromatic N) is 2. The first-order valence-corrected chi connectivity index (χ1v) is 7.74. The molecule has 5 heteroatoms. The lowest BCUT2D eigenvalue weighted by molar-refractivity contribution is 0.708. The average Bonchev–Trinajstić information content (AvgIpc) is 2.74. The molecular weight excluding hydrogens is 284 g/mol. The van der Waals surface area contributed by atoms with Gasteiger partial charge in [-0.05, 0) is 43.4 Å². The van der Waals surface area contributed by atoms with Gasteiger partial charge in [0.2, 0.25) is 0 Å². The minimum absolute atomic E-state index is 0.694.